The molecule has 9 nitrogen and oxygen atoms in total. The topological polar surface area (TPSA) is 130 Å². The first kappa shape index (κ1) is 22.6. The largest absolute Gasteiger partial charge is 0.448 e. The van der Waals surface area contributed by atoms with E-state index in [2.05, 4.69) is 10.0 Å². The second-order valence-corrected chi connectivity index (χ2v) is 7.06. The summed E-state index contributed by atoms with van der Waals surface area (Å²) in [6.07, 6.45) is -1.42. The molecule has 0 saturated heterocycles. The van der Waals surface area contributed by atoms with Gasteiger partial charge in [-0.05, 0) is 27.8 Å². The molecule has 0 fully saturated rings. The van der Waals surface area contributed by atoms with Gasteiger partial charge in [0.2, 0.25) is 0 Å². The van der Waals surface area contributed by atoms with Crippen LogP contribution >= 0.6 is 0 Å². The summed E-state index contributed by atoms with van der Waals surface area (Å²) in [4.78, 5) is 24.9. The Balaban J connectivity index is 1.58. The third-order valence-corrected chi connectivity index (χ3v) is 5.24. The highest BCUT2D eigenvalue weighted by Gasteiger charge is 2.32. The van der Waals surface area contributed by atoms with E-state index in [4.69, 9.17) is 10.3 Å². The lowest BCUT2D eigenvalue weighted by Crippen LogP contribution is -2.20. The number of carbonyl (C=O) groups is 1. The minimum absolute atomic E-state index is 0.132. The van der Waals surface area contributed by atoms with E-state index in [1.165, 1.54) is 18.2 Å². The van der Waals surface area contributed by atoms with E-state index in [1.54, 1.807) is 29.6 Å². The van der Waals surface area contributed by atoms with E-state index in [0.29, 0.717) is 22.3 Å². The van der Waals surface area contributed by atoms with Crippen LogP contribution in [0.1, 0.15) is 17.0 Å². The summed E-state index contributed by atoms with van der Waals surface area (Å²) in [7, 11) is 0. The van der Waals surface area contributed by atoms with Crippen molar-refractivity contribution in [3.63, 3.8) is 0 Å². The Morgan fingerprint density at radius 1 is 1.06 bits per heavy atom. The molecule has 1 aliphatic carbocycles. The number of ether oxygens (including phenoxy) is 1. The molecule has 1 aliphatic rings. The summed E-state index contributed by atoms with van der Waals surface area (Å²) in [5.74, 6) is -8.52. The van der Waals surface area contributed by atoms with Crippen molar-refractivity contribution in [2.45, 2.75) is 5.92 Å². The van der Waals surface area contributed by atoms with Gasteiger partial charge in [-0.2, -0.15) is 0 Å². The van der Waals surface area contributed by atoms with Crippen LogP contribution in [-0.4, -0.2) is 17.6 Å². The Morgan fingerprint density at radius 2 is 1.71 bits per heavy atom. The van der Waals surface area contributed by atoms with Gasteiger partial charge in [0.25, 0.3) is 5.69 Å². The predicted molar refractivity (Wildman–Crippen MR) is 110 cm³/mol. The van der Waals surface area contributed by atoms with Gasteiger partial charge in [-0.25, -0.2) is 22.4 Å². The van der Waals surface area contributed by atoms with Gasteiger partial charge in [0.1, 0.15) is 18.0 Å². The number of hydrogen-bond acceptors (Lipinski definition) is 5. The Morgan fingerprint density at radius 3 is 2.35 bits per heavy atom. The van der Waals surface area contributed by atoms with Crippen LogP contribution in [0.15, 0.2) is 47.6 Å². The standard InChI is InChI=1S/C21H11F4N5O4/c22-15-17(24)20(28-29-26)18(25)16(23)19(15)27-21(31)34-8-14-11-4-2-1-3-10(11)13-7-9(30(32)33)5-6-12(13)14/h1-7,14H,8H2,(H,27,31). The van der Waals surface area contributed by atoms with E-state index in [0.717, 1.165) is 0 Å². The molecule has 0 heterocycles. The molecule has 1 amide bonds. The minimum Gasteiger partial charge on any atom is -0.448 e. The SMILES string of the molecule is [N-]=[N+]=Nc1c(F)c(F)c(NC(=O)OCC2c3ccccc3-c3cc([N+](=O)[O-])ccc32)c(F)c1F. The van der Waals surface area contributed by atoms with Gasteiger partial charge in [-0.1, -0.05) is 35.4 Å². The van der Waals surface area contributed by atoms with E-state index in [-0.39, 0.29) is 12.3 Å². The van der Waals surface area contributed by atoms with Crippen molar-refractivity contribution in [3.05, 3.63) is 97.4 Å². The summed E-state index contributed by atoms with van der Waals surface area (Å²) in [6.45, 7) is -0.349. The molecule has 1 atom stereocenters. The molecule has 13 heteroatoms. The fraction of sp³-hybridized carbons (Fsp3) is 0.0952. The van der Waals surface area contributed by atoms with Crippen LogP contribution in [0.3, 0.4) is 0 Å². The van der Waals surface area contributed by atoms with Crippen LogP contribution in [0.5, 0.6) is 0 Å². The van der Waals surface area contributed by atoms with Crippen LogP contribution < -0.4 is 5.32 Å². The molecule has 0 spiro atoms. The number of carbonyl (C=O) groups excluding carboxylic acids is 1. The number of nitro benzene ring substituents is 1. The molecular formula is C21H11F4N5O4. The number of nitro groups is 1. The molecular weight excluding hydrogens is 462 g/mol. The van der Waals surface area contributed by atoms with Gasteiger partial charge in [-0.3, -0.25) is 15.4 Å². The van der Waals surface area contributed by atoms with E-state index >= 15 is 0 Å². The number of azide groups is 1. The van der Waals surface area contributed by atoms with E-state index in [1.807, 2.05) is 0 Å². The molecule has 4 rings (SSSR count). The molecule has 0 aromatic heterocycles. The molecule has 3 aromatic rings. The fourth-order valence-corrected chi connectivity index (χ4v) is 3.75. The van der Waals surface area contributed by atoms with Crippen LogP contribution in [0.2, 0.25) is 0 Å². The predicted octanol–water partition coefficient (Wildman–Crippen LogP) is 6.45. The van der Waals surface area contributed by atoms with Crippen LogP contribution in [0, 0.1) is 33.4 Å². The van der Waals surface area contributed by atoms with Crippen LogP contribution in [0.25, 0.3) is 21.6 Å². The second-order valence-electron chi connectivity index (χ2n) is 7.06. The number of nitrogens with one attached hydrogen (secondary N) is 1. The van der Waals surface area contributed by atoms with Gasteiger partial charge in [0, 0.05) is 23.0 Å². The lowest BCUT2D eigenvalue weighted by molar-refractivity contribution is -0.384. The zero-order valence-corrected chi connectivity index (χ0v) is 16.8. The Labute approximate surface area is 187 Å². The van der Waals surface area contributed by atoms with Gasteiger partial charge in [0.05, 0.1) is 4.92 Å². The molecule has 34 heavy (non-hydrogen) atoms. The average molecular weight is 473 g/mol. The number of hydrogen-bond donors (Lipinski definition) is 1. The van der Waals surface area contributed by atoms with Crippen molar-refractivity contribution in [1.29, 1.82) is 0 Å². The first-order valence-electron chi connectivity index (χ1n) is 9.47. The Kier molecular flexibility index (Phi) is 5.78. The van der Waals surface area contributed by atoms with Crippen molar-refractivity contribution in [2.24, 2.45) is 5.11 Å². The van der Waals surface area contributed by atoms with Gasteiger partial charge in [0.15, 0.2) is 23.3 Å². The Hall–Kier alpha value is -4.64. The zero-order valence-electron chi connectivity index (χ0n) is 16.8. The number of rotatable bonds is 5. The smallest absolute Gasteiger partial charge is 0.411 e. The molecule has 1 N–H and O–H groups in total. The molecule has 0 saturated carbocycles. The minimum atomic E-state index is -1.99. The number of fused-ring (bicyclic) bond motifs is 3. The van der Waals surface area contributed by atoms with E-state index in [9.17, 15) is 32.5 Å². The number of anilines is 1. The van der Waals surface area contributed by atoms with Gasteiger partial charge in [-0.15, -0.1) is 0 Å². The quantitative estimate of drug-likeness (QED) is 0.0867. The number of non-ortho nitro benzene ring substituents is 1. The van der Waals surface area contributed by atoms with Gasteiger partial charge >= 0.3 is 6.09 Å². The van der Waals surface area contributed by atoms with Crippen LogP contribution in [0.4, 0.5) is 39.4 Å². The fourth-order valence-electron chi connectivity index (χ4n) is 3.75. The molecule has 1 unspecified atom stereocenters. The highest BCUT2D eigenvalue weighted by molar-refractivity contribution is 5.86. The maximum atomic E-state index is 14.1. The summed E-state index contributed by atoms with van der Waals surface area (Å²) < 4.78 is 61.1. The molecule has 0 aliphatic heterocycles. The number of nitrogens with zero attached hydrogens (tertiary/aromatic N) is 4. The molecule has 172 valence electrons. The third-order valence-electron chi connectivity index (χ3n) is 5.24. The van der Waals surface area contributed by atoms with Crippen molar-refractivity contribution in [3.8, 4) is 11.1 Å². The summed E-state index contributed by atoms with van der Waals surface area (Å²) in [6, 6.07) is 11.1. The summed E-state index contributed by atoms with van der Waals surface area (Å²) >= 11 is 0. The summed E-state index contributed by atoms with van der Waals surface area (Å²) in [5.41, 5.74) is 7.72. The van der Waals surface area contributed by atoms with Gasteiger partial charge < -0.3 is 4.74 Å². The van der Waals surface area contributed by atoms with Crippen molar-refractivity contribution >= 4 is 23.2 Å². The number of benzene rings is 3. The number of amides is 1. The maximum absolute atomic E-state index is 14.1. The lowest BCUT2D eigenvalue weighted by Gasteiger charge is -2.15. The number of halogens is 4. The highest BCUT2D eigenvalue weighted by atomic mass is 19.2. The summed E-state index contributed by atoms with van der Waals surface area (Å²) in [5, 5.41) is 15.3. The average Bonchev–Trinajstić information content (AvgIpc) is 3.15. The van der Waals surface area contributed by atoms with Crippen molar-refractivity contribution in [2.75, 3.05) is 11.9 Å². The normalized spacial score (nSPS) is 13.5. The first-order valence-corrected chi connectivity index (χ1v) is 9.47. The van der Waals surface area contributed by atoms with E-state index < -0.39 is 51.6 Å². The Bertz CT molecular complexity index is 1380. The molecule has 3 aromatic carbocycles. The highest BCUT2D eigenvalue weighted by Crippen LogP contribution is 2.46. The lowest BCUT2D eigenvalue weighted by atomic mass is 9.98. The maximum Gasteiger partial charge on any atom is 0.411 e. The first-order chi connectivity index (χ1) is 16.2. The monoisotopic (exact) mass is 473 g/mol. The van der Waals surface area contributed by atoms with Crippen molar-refractivity contribution in [1.82, 2.24) is 0 Å². The molecule has 0 radical (unpaired) electrons. The van der Waals surface area contributed by atoms with Crippen LogP contribution in [-0.2, 0) is 4.74 Å². The third kappa shape index (κ3) is 3.73. The zero-order chi connectivity index (χ0) is 24.6. The second kappa shape index (κ2) is 8.71. The van der Waals surface area contributed by atoms with Crippen molar-refractivity contribution < 1.29 is 32.0 Å². The molecule has 0 bridgehead atoms.